The van der Waals surface area contributed by atoms with E-state index in [4.69, 9.17) is 18.5 Å². The SMILES string of the molecule is CCCCP(=O)(OCC1CO1)OCC1CO1. The van der Waals surface area contributed by atoms with Gasteiger partial charge in [-0.05, 0) is 6.42 Å². The largest absolute Gasteiger partial charge is 0.371 e. The molecule has 0 bridgehead atoms. The lowest BCUT2D eigenvalue weighted by Crippen LogP contribution is -2.08. The fraction of sp³-hybridized carbons (Fsp3) is 1.00. The van der Waals surface area contributed by atoms with E-state index in [0.717, 1.165) is 12.8 Å². The first-order valence-corrected chi connectivity index (χ1v) is 7.56. The molecule has 2 fully saturated rings. The smallest absolute Gasteiger partial charge is 0.330 e. The lowest BCUT2D eigenvalue weighted by atomic mass is 10.4. The van der Waals surface area contributed by atoms with Gasteiger partial charge in [0.25, 0.3) is 0 Å². The molecule has 94 valence electrons. The number of rotatable bonds is 9. The van der Waals surface area contributed by atoms with E-state index in [0.29, 0.717) is 32.6 Å². The fourth-order valence-electron chi connectivity index (χ4n) is 1.24. The minimum absolute atomic E-state index is 0.121. The van der Waals surface area contributed by atoms with Gasteiger partial charge >= 0.3 is 7.60 Å². The van der Waals surface area contributed by atoms with Crippen molar-refractivity contribution >= 4 is 7.60 Å². The second-order valence-corrected chi connectivity index (χ2v) is 6.38. The number of ether oxygens (including phenoxy) is 2. The molecule has 0 radical (unpaired) electrons. The van der Waals surface area contributed by atoms with E-state index < -0.39 is 7.60 Å². The Hall–Kier alpha value is 0.0700. The Bertz CT molecular complexity index is 242. The summed E-state index contributed by atoms with van der Waals surface area (Å²) >= 11 is 0. The zero-order valence-electron chi connectivity index (χ0n) is 9.59. The van der Waals surface area contributed by atoms with Crippen LogP contribution in [0.3, 0.4) is 0 Å². The second kappa shape index (κ2) is 5.61. The standard InChI is InChI=1S/C10H19O5P/c1-2-3-4-16(11,14-7-9-5-12-9)15-8-10-6-13-10/h9-10H,2-8H2,1H3. The maximum absolute atomic E-state index is 12.3. The third kappa shape index (κ3) is 4.52. The Balaban J connectivity index is 1.73. The topological polar surface area (TPSA) is 60.6 Å². The molecule has 5 nitrogen and oxygen atoms in total. The summed E-state index contributed by atoms with van der Waals surface area (Å²) in [6.45, 7) is 4.23. The average molecular weight is 250 g/mol. The van der Waals surface area contributed by atoms with Crippen LogP contribution in [0.5, 0.6) is 0 Å². The molecule has 0 aromatic heterocycles. The highest BCUT2D eigenvalue weighted by molar-refractivity contribution is 7.53. The third-order valence-corrected chi connectivity index (χ3v) is 4.45. The molecule has 0 spiro atoms. The van der Waals surface area contributed by atoms with E-state index in [2.05, 4.69) is 6.92 Å². The number of hydrogen-bond donors (Lipinski definition) is 0. The van der Waals surface area contributed by atoms with Gasteiger partial charge in [0.1, 0.15) is 12.2 Å². The Morgan fingerprint density at radius 3 is 2.06 bits per heavy atom. The van der Waals surface area contributed by atoms with Gasteiger partial charge in [0.2, 0.25) is 0 Å². The highest BCUT2D eigenvalue weighted by atomic mass is 31.2. The molecule has 2 heterocycles. The van der Waals surface area contributed by atoms with Gasteiger partial charge in [-0.2, -0.15) is 0 Å². The second-order valence-electron chi connectivity index (χ2n) is 4.19. The van der Waals surface area contributed by atoms with E-state index in [1.54, 1.807) is 0 Å². The summed E-state index contributed by atoms with van der Waals surface area (Å²) in [5, 5.41) is 0. The zero-order valence-corrected chi connectivity index (χ0v) is 10.5. The van der Waals surface area contributed by atoms with Crippen LogP contribution in [-0.2, 0) is 23.1 Å². The highest BCUT2D eigenvalue weighted by Crippen LogP contribution is 2.50. The summed E-state index contributed by atoms with van der Waals surface area (Å²) in [7, 11) is -2.92. The minimum atomic E-state index is -2.92. The summed E-state index contributed by atoms with van der Waals surface area (Å²) in [6, 6.07) is 0. The van der Waals surface area contributed by atoms with Crippen LogP contribution >= 0.6 is 7.60 Å². The van der Waals surface area contributed by atoms with Crippen LogP contribution in [0.15, 0.2) is 0 Å². The molecule has 2 unspecified atom stereocenters. The van der Waals surface area contributed by atoms with E-state index in [9.17, 15) is 4.57 Å². The summed E-state index contributed by atoms with van der Waals surface area (Å²) in [5.74, 6) is 0. The van der Waals surface area contributed by atoms with Crippen LogP contribution in [0.2, 0.25) is 0 Å². The van der Waals surface area contributed by atoms with Gasteiger partial charge < -0.3 is 18.5 Å². The molecule has 0 amide bonds. The van der Waals surface area contributed by atoms with Crippen molar-refractivity contribution in [2.75, 3.05) is 32.6 Å². The summed E-state index contributed by atoms with van der Waals surface area (Å²) < 4.78 is 33.1. The van der Waals surface area contributed by atoms with Gasteiger partial charge in [0.05, 0.1) is 32.6 Å². The van der Waals surface area contributed by atoms with Crippen LogP contribution in [-0.4, -0.2) is 44.8 Å². The van der Waals surface area contributed by atoms with Crippen LogP contribution in [0, 0.1) is 0 Å². The molecule has 2 aliphatic rings. The molecule has 0 aromatic rings. The molecular weight excluding hydrogens is 231 g/mol. The van der Waals surface area contributed by atoms with Crippen molar-refractivity contribution in [1.29, 1.82) is 0 Å². The molecule has 2 rings (SSSR count). The van der Waals surface area contributed by atoms with Gasteiger partial charge in [-0.3, -0.25) is 4.57 Å². The van der Waals surface area contributed by atoms with Crippen molar-refractivity contribution in [1.82, 2.24) is 0 Å². The predicted octanol–water partition coefficient (Wildman–Crippen LogP) is 1.81. The lowest BCUT2D eigenvalue weighted by Gasteiger charge is -2.17. The van der Waals surface area contributed by atoms with Crippen molar-refractivity contribution in [2.45, 2.75) is 32.0 Å². The quantitative estimate of drug-likeness (QED) is 0.461. The molecule has 2 atom stereocenters. The van der Waals surface area contributed by atoms with Crippen molar-refractivity contribution < 1.29 is 23.1 Å². The number of epoxide rings is 2. The van der Waals surface area contributed by atoms with Crippen LogP contribution < -0.4 is 0 Å². The van der Waals surface area contributed by atoms with E-state index in [-0.39, 0.29) is 12.2 Å². The molecule has 0 aromatic carbocycles. The zero-order chi connectivity index (χ0) is 11.4. The van der Waals surface area contributed by atoms with Crippen LogP contribution in [0.4, 0.5) is 0 Å². The highest BCUT2D eigenvalue weighted by Gasteiger charge is 2.33. The maximum atomic E-state index is 12.3. The van der Waals surface area contributed by atoms with Crippen molar-refractivity contribution in [3.8, 4) is 0 Å². The first-order chi connectivity index (χ1) is 7.72. The average Bonchev–Trinajstić information content (AvgIpc) is 3.16. The Morgan fingerprint density at radius 1 is 1.19 bits per heavy atom. The normalized spacial score (nSPS) is 31.1. The molecular formula is C10H19O5P. The first kappa shape index (κ1) is 12.5. The predicted molar refractivity (Wildman–Crippen MR) is 58.8 cm³/mol. The molecule has 0 saturated carbocycles. The van der Waals surface area contributed by atoms with E-state index >= 15 is 0 Å². The maximum Gasteiger partial charge on any atom is 0.330 e. The Morgan fingerprint density at radius 2 is 1.69 bits per heavy atom. The minimum Gasteiger partial charge on any atom is -0.371 e. The number of unbranched alkanes of at least 4 members (excludes halogenated alkanes) is 1. The Kier molecular flexibility index (Phi) is 4.39. The van der Waals surface area contributed by atoms with Gasteiger partial charge in [-0.25, -0.2) is 0 Å². The van der Waals surface area contributed by atoms with Gasteiger partial charge in [0, 0.05) is 0 Å². The van der Waals surface area contributed by atoms with Crippen molar-refractivity contribution in [2.24, 2.45) is 0 Å². The summed E-state index contributed by atoms with van der Waals surface area (Å²) in [5.41, 5.74) is 0. The molecule has 16 heavy (non-hydrogen) atoms. The number of hydrogen-bond acceptors (Lipinski definition) is 5. The monoisotopic (exact) mass is 250 g/mol. The lowest BCUT2D eigenvalue weighted by molar-refractivity contribution is 0.177. The third-order valence-electron chi connectivity index (χ3n) is 2.50. The molecule has 6 heteroatoms. The molecule has 2 saturated heterocycles. The van der Waals surface area contributed by atoms with Gasteiger partial charge in [-0.15, -0.1) is 0 Å². The molecule has 0 aliphatic carbocycles. The summed E-state index contributed by atoms with van der Waals surface area (Å²) in [4.78, 5) is 0. The van der Waals surface area contributed by atoms with Gasteiger partial charge in [-0.1, -0.05) is 13.3 Å². The van der Waals surface area contributed by atoms with Crippen molar-refractivity contribution in [3.05, 3.63) is 0 Å². The van der Waals surface area contributed by atoms with Crippen molar-refractivity contribution in [3.63, 3.8) is 0 Å². The summed E-state index contributed by atoms with van der Waals surface area (Å²) in [6.07, 6.45) is 2.57. The first-order valence-electron chi connectivity index (χ1n) is 5.83. The Labute approximate surface area is 95.9 Å². The van der Waals surface area contributed by atoms with Crippen LogP contribution in [0.25, 0.3) is 0 Å². The fourth-order valence-corrected chi connectivity index (χ4v) is 3.06. The molecule has 0 N–H and O–H groups in total. The van der Waals surface area contributed by atoms with Gasteiger partial charge in [0.15, 0.2) is 0 Å². The van der Waals surface area contributed by atoms with Crippen LogP contribution in [0.1, 0.15) is 19.8 Å². The molecule has 2 aliphatic heterocycles. The van der Waals surface area contributed by atoms with E-state index in [1.165, 1.54) is 0 Å². The van der Waals surface area contributed by atoms with E-state index in [1.807, 2.05) is 0 Å².